The SMILES string of the molecule is C=CC1=CC=C(OC2CC=C(C3([C@H]4CC=CCC4)C4CCC=CC4C4C=CC(N(C5C=CC(C6=CC7=C(CC6)N(C6CC=C(C=C)CC6)C6=CCC(C8CC=C(C=C)CC8)CC67)CC5)C5CCC(C6=CC=CCC6)CC5)CC43)CC2)CC1. The van der Waals surface area contributed by atoms with E-state index in [-0.39, 0.29) is 11.5 Å². The summed E-state index contributed by atoms with van der Waals surface area (Å²) in [7, 11) is 0. The molecule has 2 saturated carbocycles. The summed E-state index contributed by atoms with van der Waals surface area (Å²) in [6.45, 7) is 12.3. The zero-order valence-electron chi connectivity index (χ0n) is 50.2. The second-order valence-electron chi connectivity index (χ2n) is 28.4. The van der Waals surface area contributed by atoms with E-state index in [0.29, 0.717) is 53.8 Å². The molecule has 14 atom stereocenters. The van der Waals surface area contributed by atoms with E-state index in [0.717, 1.165) is 68.1 Å². The van der Waals surface area contributed by atoms with Gasteiger partial charge in [-0.15, -0.1) is 0 Å². The zero-order valence-corrected chi connectivity index (χ0v) is 50.2. The van der Waals surface area contributed by atoms with Crippen LogP contribution in [0.15, 0.2) is 203 Å². The fourth-order valence-corrected chi connectivity index (χ4v) is 20.8. The van der Waals surface area contributed by atoms with Gasteiger partial charge in [-0.3, -0.25) is 4.90 Å². The maximum atomic E-state index is 6.87. The smallest absolute Gasteiger partial charge is 0.102 e. The van der Waals surface area contributed by atoms with E-state index in [1.165, 1.54) is 170 Å². The van der Waals surface area contributed by atoms with Crippen molar-refractivity contribution in [2.75, 3.05) is 0 Å². The molecular weight excluding hydrogens is 993 g/mol. The number of allylic oxidation sites excluding steroid dienone is 26. The second-order valence-corrected chi connectivity index (χ2v) is 28.4. The monoisotopic (exact) mass is 1090 g/mol. The molecular formula is C79H100N2O. The first-order valence-corrected chi connectivity index (χ1v) is 34.2. The molecule has 432 valence electrons. The van der Waals surface area contributed by atoms with E-state index in [4.69, 9.17) is 4.74 Å². The molecule has 0 bridgehead atoms. The lowest BCUT2D eigenvalue weighted by molar-refractivity contribution is 0.0144. The van der Waals surface area contributed by atoms with E-state index in [1.54, 1.807) is 28.1 Å². The summed E-state index contributed by atoms with van der Waals surface area (Å²) in [6.07, 6.45) is 89.4. The van der Waals surface area contributed by atoms with E-state index in [1.807, 2.05) is 11.6 Å². The van der Waals surface area contributed by atoms with Crippen molar-refractivity contribution in [2.45, 2.75) is 216 Å². The zero-order chi connectivity index (χ0) is 55.2. The minimum Gasteiger partial charge on any atom is -0.494 e. The second kappa shape index (κ2) is 24.3. The Morgan fingerprint density at radius 2 is 1.38 bits per heavy atom. The average molecular weight is 1090 g/mol. The molecule has 13 unspecified atom stereocenters. The van der Waals surface area contributed by atoms with Crippen LogP contribution in [0.1, 0.15) is 186 Å². The van der Waals surface area contributed by atoms with Gasteiger partial charge in [-0.1, -0.05) is 169 Å². The molecule has 0 saturated heterocycles. The van der Waals surface area contributed by atoms with Gasteiger partial charge in [0.15, 0.2) is 0 Å². The summed E-state index contributed by atoms with van der Waals surface area (Å²) in [4.78, 5) is 6.15. The topological polar surface area (TPSA) is 15.7 Å². The van der Waals surface area contributed by atoms with E-state index in [9.17, 15) is 0 Å². The van der Waals surface area contributed by atoms with Crippen LogP contribution < -0.4 is 0 Å². The molecule has 3 nitrogen and oxygen atoms in total. The van der Waals surface area contributed by atoms with Crippen molar-refractivity contribution in [3.8, 4) is 0 Å². The van der Waals surface area contributed by atoms with Gasteiger partial charge in [0.2, 0.25) is 0 Å². The molecule has 0 aromatic carbocycles. The molecule has 14 aliphatic rings. The van der Waals surface area contributed by atoms with Crippen LogP contribution in [0.3, 0.4) is 0 Å². The van der Waals surface area contributed by atoms with Crippen molar-refractivity contribution >= 4 is 0 Å². The first-order chi connectivity index (χ1) is 40.5. The molecule has 0 aromatic rings. The number of rotatable bonds is 14. The molecule has 82 heavy (non-hydrogen) atoms. The van der Waals surface area contributed by atoms with Crippen molar-refractivity contribution in [1.29, 1.82) is 0 Å². The Morgan fingerprint density at radius 3 is 2.10 bits per heavy atom. The Labute approximate surface area is 496 Å². The molecule has 0 radical (unpaired) electrons. The third-order valence-corrected chi connectivity index (χ3v) is 24.8. The molecule has 0 amide bonds. The van der Waals surface area contributed by atoms with Crippen molar-refractivity contribution in [2.24, 2.45) is 64.6 Å². The summed E-state index contributed by atoms with van der Waals surface area (Å²) < 4.78 is 6.87. The van der Waals surface area contributed by atoms with Crippen LogP contribution in [0, 0.1) is 64.6 Å². The van der Waals surface area contributed by atoms with Gasteiger partial charge in [-0.05, 0) is 244 Å². The Kier molecular flexibility index (Phi) is 16.3. The Balaban J connectivity index is 0.762. The third-order valence-electron chi connectivity index (χ3n) is 24.8. The maximum absolute atomic E-state index is 6.87. The maximum Gasteiger partial charge on any atom is 0.102 e. The Hall–Kier alpha value is -4.86. The highest BCUT2D eigenvalue weighted by atomic mass is 16.5. The Morgan fingerprint density at radius 1 is 0.549 bits per heavy atom. The highest BCUT2D eigenvalue weighted by molar-refractivity contribution is 5.49. The van der Waals surface area contributed by atoms with Gasteiger partial charge in [0.1, 0.15) is 6.10 Å². The number of hydrogen-bond donors (Lipinski definition) is 0. The van der Waals surface area contributed by atoms with Gasteiger partial charge in [0.25, 0.3) is 0 Å². The van der Waals surface area contributed by atoms with Gasteiger partial charge in [0.05, 0.1) is 5.76 Å². The molecule has 1 aliphatic heterocycles. The van der Waals surface area contributed by atoms with Crippen molar-refractivity contribution in [3.63, 3.8) is 0 Å². The van der Waals surface area contributed by atoms with Crippen molar-refractivity contribution < 1.29 is 4.74 Å². The average Bonchev–Trinajstić information content (AvgIpc) is 2.02. The van der Waals surface area contributed by atoms with Gasteiger partial charge < -0.3 is 9.64 Å². The highest BCUT2D eigenvalue weighted by Crippen LogP contribution is 2.70. The number of nitrogens with zero attached hydrogens (tertiary/aromatic N) is 2. The molecule has 3 heteroatoms. The first kappa shape index (κ1) is 55.0. The third kappa shape index (κ3) is 10.4. The lowest BCUT2D eigenvalue weighted by atomic mass is 9.52. The Bertz CT molecular complexity index is 2920. The standard InChI is InChI=1S/C79H100N2O/c1-4-54-21-27-59(28-22-54)61-33-49-77-73(51-61)74-52-62(34-50-78(74)81(77)67-37-23-55(5-2)24-38-67)60-31-41-66(42-32-60)80(65-39-29-58(30-40-65)57-15-9-7-10-16-57)68-43-48-72-71-19-13-14-20-75(71)79(76(72)53-68,63-17-11-8-12-18-63)64-35-46-70(47-36-64)82-69-44-25-56(6-3)26-45-69/h4-9,11,13,15,19,21,23,25,31,35,41,43-44,48-49,52,58-61,63,65-68,70-73,75-76H,1-3,10,12,14,16-18,20,22,24,26-30,32-34,36-40,42,45-47,50-51,53H2/t58?,59?,60?,61?,63-,65?,66?,67?,68?,70?,71?,72?,73?,75?,76?,79?/m0/s1. The number of hydrogen-bond acceptors (Lipinski definition) is 3. The van der Waals surface area contributed by atoms with Crippen LogP contribution in [0.25, 0.3) is 0 Å². The summed E-state index contributed by atoms with van der Waals surface area (Å²) in [5.74, 6) is 8.04. The van der Waals surface area contributed by atoms with Crippen LogP contribution in [0.2, 0.25) is 0 Å². The first-order valence-electron chi connectivity index (χ1n) is 34.2. The van der Waals surface area contributed by atoms with Gasteiger partial charge in [0, 0.05) is 59.7 Å². The largest absolute Gasteiger partial charge is 0.494 e. The lowest BCUT2D eigenvalue weighted by Gasteiger charge is -2.54. The van der Waals surface area contributed by atoms with Gasteiger partial charge in [-0.25, -0.2) is 0 Å². The van der Waals surface area contributed by atoms with Crippen LogP contribution in [0.5, 0.6) is 0 Å². The number of fused-ring (bicyclic) bond motifs is 5. The predicted molar refractivity (Wildman–Crippen MR) is 343 cm³/mol. The minimum atomic E-state index is 0.247. The summed E-state index contributed by atoms with van der Waals surface area (Å²) >= 11 is 0. The predicted octanol–water partition coefficient (Wildman–Crippen LogP) is 20.0. The van der Waals surface area contributed by atoms with Gasteiger partial charge in [-0.2, -0.15) is 0 Å². The van der Waals surface area contributed by atoms with Crippen LogP contribution in [-0.4, -0.2) is 40.1 Å². The molecule has 0 N–H and O–H groups in total. The van der Waals surface area contributed by atoms with E-state index in [2.05, 4.69) is 151 Å². The molecule has 14 rings (SSSR count). The van der Waals surface area contributed by atoms with Crippen LogP contribution in [-0.2, 0) is 4.74 Å². The van der Waals surface area contributed by atoms with E-state index < -0.39 is 0 Å². The minimum absolute atomic E-state index is 0.247. The molecule has 1 heterocycles. The quantitative estimate of drug-likeness (QED) is 0.161. The number of ether oxygens (including phenoxy) is 1. The van der Waals surface area contributed by atoms with Crippen molar-refractivity contribution in [1.82, 2.24) is 9.80 Å². The molecule has 13 aliphatic carbocycles. The van der Waals surface area contributed by atoms with Crippen LogP contribution >= 0.6 is 0 Å². The summed E-state index contributed by atoms with van der Waals surface area (Å²) in [5, 5.41) is 0. The summed E-state index contributed by atoms with van der Waals surface area (Å²) in [6, 6.07) is 2.19. The molecule has 0 aromatic heterocycles. The fourth-order valence-electron chi connectivity index (χ4n) is 20.8. The molecule has 0 spiro atoms. The normalized spacial score (nSPS) is 39.7. The van der Waals surface area contributed by atoms with Crippen LogP contribution in [0.4, 0.5) is 0 Å². The highest BCUT2D eigenvalue weighted by Gasteiger charge is 2.64. The van der Waals surface area contributed by atoms with Gasteiger partial charge >= 0.3 is 0 Å². The summed E-state index contributed by atoms with van der Waals surface area (Å²) in [5.41, 5.74) is 14.9. The molecule has 2 fully saturated rings. The fraction of sp³-hybridized carbons (Fsp3) is 0.570. The van der Waals surface area contributed by atoms with E-state index >= 15 is 0 Å². The van der Waals surface area contributed by atoms with Crippen molar-refractivity contribution in [3.05, 3.63) is 203 Å². The lowest BCUT2D eigenvalue weighted by Crippen LogP contribution is -2.53.